The van der Waals surface area contributed by atoms with Gasteiger partial charge >= 0.3 is 0 Å². The Labute approximate surface area is 79.7 Å². The Morgan fingerprint density at radius 3 is 2.62 bits per heavy atom. The third-order valence-corrected chi connectivity index (χ3v) is 1.93. The minimum Gasteiger partial charge on any atom is -0.411 e. The van der Waals surface area contributed by atoms with Gasteiger partial charge in [-0.3, -0.25) is 0 Å². The van der Waals surface area contributed by atoms with E-state index in [0.717, 1.165) is 24.8 Å². The summed E-state index contributed by atoms with van der Waals surface area (Å²) >= 11 is 0. The maximum atomic E-state index is 8.22. The minimum atomic E-state index is 0.346. The van der Waals surface area contributed by atoms with Crippen LogP contribution in [0.25, 0.3) is 0 Å². The molecule has 4 nitrogen and oxygen atoms in total. The van der Waals surface area contributed by atoms with Crippen LogP contribution in [0.4, 0.5) is 0 Å². The first-order valence-corrected chi connectivity index (χ1v) is 4.44. The molecule has 3 N–H and O–H groups in total. The fourth-order valence-electron chi connectivity index (χ4n) is 1.11. The molecule has 0 aromatic rings. The summed E-state index contributed by atoms with van der Waals surface area (Å²) < 4.78 is 0. The quantitative estimate of drug-likeness (QED) is 0.239. The first kappa shape index (κ1) is 12.1. The van der Waals surface area contributed by atoms with E-state index in [2.05, 4.69) is 22.4 Å². The van der Waals surface area contributed by atoms with Crippen LogP contribution in [-0.4, -0.2) is 31.7 Å². The molecule has 0 aliphatic heterocycles. The molecule has 0 saturated carbocycles. The summed E-state index contributed by atoms with van der Waals surface area (Å²) in [5, 5.41) is 17.4. The van der Waals surface area contributed by atoms with Crippen LogP contribution in [0, 0.1) is 0 Å². The summed E-state index contributed by atoms with van der Waals surface area (Å²) in [5.74, 6) is 0. The number of hydrogen-bond acceptors (Lipinski definition) is 4. The molecule has 0 bridgehead atoms. The van der Waals surface area contributed by atoms with Crippen molar-refractivity contribution in [2.24, 2.45) is 5.16 Å². The molecular weight excluding hydrogens is 166 g/mol. The lowest BCUT2D eigenvalue weighted by molar-refractivity contribution is 0.321. The molecule has 0 unspecified atom stereocenters. The number of oxime groups is 1. The molecule has 4 heteroatoms. The average molecular weight is 185 g/mol. The lowest BCUT2D eigenvalue weighted by atomic mass is 10.1. The van der Waals surface area contributed by atoms with Crippen LogP contribution in [0.2, 0.25) is 0 Å². The number of allylic oxidation sites excluding steroid dienone is 1. The second-order valence-corrected chi connectivity index (χ2v) is 2.92. The number of hydrogen-bond donors (Lipinski definition) is 3. The van der Waals surface area contributed by atoms with Crippen molar-refractivity contribution in [2.75, 3.05) is 14.1 Å². The van der Waals surface area contributed by atoms with Gasteiger partial charge < -0.3 is 15.8 Å². The third-order valence-electron chi connectivity index (χ3n) is 1.93. The van der Waals surface area contributed by atoms with Crippen molar-refractivity contribution in [3.05, 3.63) is 12.2 Å². The highest BCUT2D eigenvalue weighted by Gasteiger charge is 2.01. The van der Waals surface area contributed by atoms with Crippen LogP contribution in [0.5, 0.6) is 0 Å². The predicted octanol–water partition coefficient (Wildman–Crippen LogP) is 0.938. The molecule has 0 heterocycles. The molecule has 0 aromatic heterocycles. The second kappa shape index (κ2) is 7.76. The molecule has 0 aliphatic carbocycles. The molecule has 0 amide bonds. The topological polar surface area (TPSA) is 56.7 Å². The Morgan fingerprint density at radius 2 is 2.15 bits per heavy atom. The maximum absolute atomic E-state index is 8.22. The lowest BCUT2D eigenvalue weighted by Crippen LogP contribution is -2.37. The zero-order valence-electron chi connectivity index (χ0n) is 8.38. The van der Waals surface area contributed by atoms with Gasteiger partial charge in [-0.25, -0.2) is 0 Å². The largest absolute Gasteiger partial charge is 0.411 e. The molecule has 0 saturated heterocycles. The van der Waals surface area contributed by atoms with Crippen molar-refractivity contribution < 1.29 is 5.21 Å². The van der Waals surface area contributed by atoms with Crippen LogP contribution in [0.15, 0.2) is 17.3 Å². The van der Waals surface area contributed by atoms with Crippen LogP contribution < -0.4 is 10.6 Å². The van der Waals surface area contributed by atoms with Gasteiger partial charge in [-0.1, -0.05) is 11.7 Å². The number of nitrogens with one attached hydrogen (secondary N) is 2. The Morgan fingerprint density at radius 1 is 1.54 bits per heavy atom. The van der Waals surface area contributed by atoms with Crippen LogP contribution in [-0.2, 0) is 0 Å². The van der Waals surface area contributed by atoms with E-state index in [0.29, 0.717) is 6.17 Å². The molecular formula is C9H19N3O. The highest BCUT2D eigenvalue weighted by atomic mass is 16.4. The van der Waals surface area contributed by atoms with Gasteiger partial charge in [0.2, 0.25) is 0 Å². The molecule has 76 valence electrons. The summed E-state index contributed by atoms with van der Waals surface area (Å²) in [6.45, 7) is 3.74. The first-order valence-electron chi connectivity index (χ1n) is 4.44. The Hall–Kier alpha value is -0.870. The van der Waals surface area contributed by atoms with Crippen molar-refractivity contribution in [3.63, 3.8) is 0 Å². The minimum absolute atomic E-state index is 0.346. The lowest BCUT2D eigenvalue weighted by Gasteiger charge is -2.14. The van der Waals surface area contributed by atoms with E-state index in [1.54, 1.807) is 0 Å². The molecule has 0 rings (SSSR count). The van der Waals surface area contributed by atoms with Gasteiger partial charge in [0.25, 0.3) is 0 Å². The molecule has 0 atom stereocenters. The third kappa shape index (κ3) is 6.31. The molecule has 0 radical (unpaired) electrons. The maximum Gasteiger partial charge on any atom is 0.0687 e. The summed E-state index contributed by atoms with van der Waals surface area (Å²) in [6, 6.07) is 0. The van der Waals surface area contributed by atoms with Crippen molar-refractivity contribution >= 4 is 6.21 Å². The molecule has 0 aliphatic rings. The number of rotatable bonds is 7. The molecule has 0 spiro atoms. The average Bonchev–Trinajstić information content (AvgIpc) is 2.13. The SMILES string of the molecule is C=C(C=NO)CCCC(NC)NC. The normalized spacial score (nSPS) is 11.3. The van der Waals surface area contributed by atoms with Gasteiger partial charge in [-0.15, -0.1) is 0 Å². The summed E-state index contributed by atoms with van der Waals surface area (Å²) in [7, 11) is 3.84. The second-order valence-electron chi connectivity index (χ2n) is 2.92. The van der Waals surface area contributed by atoms with E-state index in [-0.39, 0.29) is 0 Å². The van der Waals surface area contributed by atoms with E-state index in [9.17, 15) is 0 Å². The van der Waals surface area contributed by atoms with Gasteiger partial charge in [0.15, 0.2) is 0 Å². The van der Waals surface area contributed by atoms with Crippen molar-refractivity contribution in [3.8, 4) is 0 Å². The fourth-order valence-corrected chi connectivity index (χ4v) is 1.11. The van der Waals surface area contributed by atoms with Gasteiger partial charge in [0.05, 0.1) is 12.4 Å². The van der Waals surface area contributed by atoms with Crippen molar-refractivity contribution in [1.29, 1.82) is 0 Å². The van der Waals surface area contributed by atoms with Gasteiger partial charge in [0.1, 0.15) is 0 Å². The van der Waals surface area contributed by atoms with Crippen molar-refractivity contribution in [1.82, 2.24) is 10.6 Å². The highest BCUT2D eigenvalue weighted by molar-refractivity contribution is 5.76. The Kier molecular flexibility index (Phi) is 7.24. The van der Waals surface area contributed by atoms with E-state index in [1.165, 1.54) is 6.21 Å². The summed E-state index contributed by atoms with van der Waals surface area (Å²) in [4.78, 5) is 0. The molecule has 13 heavy (non-hydrogen) atoms. The molecule has 0 aromatic carbocycles. The van der Waals surface area contributed by atoms with Gasteiger partial charge in [-0.05, 0) is 38.9 Å². The Balaban J connectivity index is 3.48. The molecule has 0 fully saturated rings. The standard InChI is InChI=1S/C9H19N3O/c1-8(7-12-13)5-4-6-9(10-2)11-3/h7,9-11,13H,1,4-6H2,2-3H3. The first-order chi connectivity index (χ1) is 6.24. The van der Waals surface area contributed by atoms with Crippen molar-refractivity contribution in [2.45, 2.75) is 25.4 Å². The van der Waals surface area contributed by atoms with Crippen LogP contribution in [0.1, 0.15) is 19.3 Å². The van der Waals surface area contributed by atoms with E-state index < -0.39 is 0 Å². The summed E-state index contributed by atoms with van der Waals surface area (Å²) in [5.41, 5.74) is 0.855. The monoisotopic (exact) mass is 185 g/mol. The highest BCUT2D eigenvalue weighted by Crippen LogP contribution is 2.04. The van der Waals surface area contributed by atoms with Gasteiger partial charge in [-0.2, -0.15) is 0 Å². The van der Waals surface area contributed by atoms with Gasteiger partial charge in [0, 0.05) is 0 Å². The summed E-state index contributed by atoms with van der Waals surface area (Å²) in [6.07, 6.45) is 4.65. The fraction of sp³-hybridized carbons (Fsp3) is 0.667. The predicted molar refractivity (Wildman–Crippen MR) is 55.2 cm³/mol. The van der Waals surface area contributed by atoms with E-state index >= 15 is 0 Å². The van der Waals surface area contributed by atoms with E-state index in [1.807, 2.05) is 14.1 Å². The smallest absolute Gasteiger partial charge is 0.0687 e. The number of nitrogens with zero attached hydrogens (tertiary/aromatic N) is 1. The van der Waals surface area contributed by atoms with Crippen LogP contribution >= 0.6 is 0 Å². The Bertz CT molecular complexity index is 164. The van der Waals surface area contributed by atoms with E-state index in [4.69, 9.17) is 5.21 Å². The van der Waals surface area contributed by atoms with Crippen LogP contribution in [0.3, 0.4) is 0 Å². The zero-order valence-corrected chi connectivity index (χ0v) is 8.38. The zero-order chi connectivity index (χ0) is 10.1.